The second-order valence-electron chi connectivity index (χ2n) is 4.83. The van der Waals surface area contributed by atoms with Crippen LogP contribution in [0.3, 0.4) is 0 Å². The van der Waals surface area contributed by atoms with Crippen molar-refractivity contribution in [2.45, 2.75) is 13.5 Å². The summed E-state index contributed by atoms with van der Waals surface area (Å²) in [6.45, 7) is 8.11. The lowest BCUT2D eigenvalue weighted by Crippen LogP contribution is -2.45. The lowest BCUT2D eigenvalue weighted by molar-refractivity contribution is 0.149. The van der Waals surface area contributed by atoms with Gasteiger partial charge in [0, 0.05) is 51.0 Å². The van der Waals surface area contributed by atoms with E-state index >= 15 is 0 Å². The Morgan fingerprint density at radius 3 is 2.59 bits per heavy atom. The van der Waals surface area contributed by atoms with Gasteiger partial charge in [0.15, 0.2) is 0 Å². The molecule has 0 atom stereocenters. The Bertz CT molecular complexity index is 419. The Labute approximate surface area is 102 Å². The molecule has 1 aliphatic heterocycles. The van der Waals surface area contributed by atoms with Crippen LogP contribution in [0.2, 0.25) is 0 Å². The van der Waals surface area contributed by atoms with Crippen LogP contribution in [0, 0.1) is 6.92 Å². The minimum atomic E-state index is 0.140. The fraction of sp³-hybridized carbons (Fsp3) is 0.615. The van der Waals surface area contributed by atoms with Crippen molar-refractivity contribution in [3.8, 4) is 0 Å². The van der Waals surface area contributed by atoms with Crippen molar-refractivity contribution in [2.24, 2.45) is 0 Å². The average molecular weight is 235 g/mol. The molecular formula is C13H21N3O. The van der Waals surface area contributed by atoms with Gasteiger partial charge in [0.25, 0.3) is 5.56 Å². The first-order valence-corrected chi connectivity index (χ1v) is 6.24. The highest BCUT2D eigenvalue weighted by molar-refractivity contribution is 5.07. The van der Waals surface area contributed by atoms with E-state index in [2.05, 4.69) is 16.8 Å². The molecule has 1 aromatic heterocycles. The quantitative estimate of drug-likeness (QED) is 0.759. The van der Waals surface area contributed by atoms with Crippen LogP contribution in [0.15, 0.2) is 23.1 Å². The molecule has 0 N–H and O–H groups in total. The van der Waals surface area contributed by atoms with E-state index in [1.807, 2.05) is 29.8 Å². The number of aromatic nitrogens is 1. The number of likely N-dealkylation sites (N-methyl/N-ethyl adjacent to an activating group) is 1. The fourth-order valence-electron chi connectivity index (χ4n) is 2.15. The van der Waals surface area contributed by atoms with Crippen molar-refractivity contribution >= 4 is 0 Å². The normalized spacial score (nSPS) is 18.5. The number of hydrogen-bond acceptors (Lipinski definition) is 3. The highest BCUT2D eigenvalue weighted by Crippen LogP contribution is 1.99. The average Bonchev–Trinajstić information content (AvgIpc) is 2.33. The zero-order valence-electron chi connectivity index (χ0n) is 10.7. The molecule has 0 bridgehead atoms. The smallest absolute Gasteiger partial charge is 0.253 e. The molecule has 1 aromatic rings. The zero-order valence-corrected chi connectivity index (χ0v) is 10.7. The molecule has 0 radical (unpaired) electrons. The van der Waals surface area contributed by atoms with E-state index < -0.39 is 0 Å². The van der Waals surface area contributed by atoms with E-state index in [-0.39, 0.29) is 5.56 Å². The predicted molar refractivity (Wildman–Crippen MR) is 69.4 cm³/mol. The van der Waals surface area contributed by atoms with E-state index in [0.717, 1.165) is 44.8 Å². The molecule has 0 amide bonds. The van der Waals surface area contributed by atoms with Gasteiger partial charge in [-0.2, -0.15) is 0 Å². The van der Waals surface area contributed by atoms with E-state index in [9.17, 15) is 4.79 Å². The van der Waals surface area contributed by atoms with Crippen LogP contribution in [0.4, 0.5) is 0 Å². The van der Waals surface area contributed by atoms with Crippen molar-refractivity contribution in [3.05, 3.63) is 34.2 Å². The van der Waals surface area contributed by atoms with Gasteiger partial charge in [0.1, 0.15) is 0 Å². The maximum Gasteiger partial charge on any atom is 0.253 e. The van der Waals surface area contributed by atoms with Gasteiger partial charge in [-0.1, -0.05) is 6.07 Å². The number of hydrogen-bond donors (Lipinski definition) is 0. The molecule has 0 aliphatic carbocycles. The van der Waals surface area contributed by atoms with E-state index in [1.54, 1.807) is 0 Å². The van der Waals surface area contributed by atoms with Gasteiger partial charge in [-0.3, -0.25) is 9.69 Å². The first-order chi connectivity index (χ1) is 8.16. The summed E-state index contributed by atoms with van der Waals surface area (Å²) >= 11 is 0. The number of piperazine rings is 1. The summed E-state index contributed by atoms with van der Waals surface area (Å²) in [6.07, 6.45) is 1.88. The van der Waals surface area contributed by atoms with Gasteiger partial charge < -0.3 is 9.47 Å². The lowest BCUT2D eigenvalue weighted by atomic mass is 10.3. The molecule has 4 nitrogen and oxygen atoms in total. The molecule has 0 saturated carbocycles. The molecule has 2 heterocycles. The maximum absolute atomic E-state index is 11.8. The first kappa shape index (κ1) is 12.3. The van der Waals surface area contributed by atoms with Crippen LogP contribution < -0.4 is 5.56 Å². The van der Waals surface area contributed by atoms with Gasteiger partial charge in [-0.15, -0.1) is 0 Å². The molecule has 0 aromatic carbocycles. The standard InChI is InChI=1S/C13H21N3O/c1-12-4-3-5-16(13(12)17)11-10-15-8-6-14(2)7-9-15/h3-5H,6-11H2,1-2H3. The van der Waals surface area contributed by atoms with Gasteiger partial charge in [-0.05, 0) is 20.0 Å². The monoisotopic (exact) mass is 235 g/mol. The van der Waals surface area contributed by atoms with Crippen LogP contribution in [0.25, 0.3) is 0 Å². The Morgan fingerprint density at radius 1 is 1.18 bits per heavy atom. The summed E-state index contributed by atoms with van der Waals surface area (Å²) in [5.74, 6) is 0. The van der Waals surface area contributed by atoms with E-state index in [1.165, 1.54) is 0 Å². The van der Waals surface area contributed by atoms with E-state index in [0.29, 0.717) is 0 Å². The maximum atomic E-state index is 11.8. The minimum Gasteiger partial charge on any atom is -0.314 e. The first-order valence-electron chi connectivity index (χ1n) is 6.24. The molecule has 4 heteroatoms. The van der Waals surface area contributed by atoms with Crippen LogP contribution in [-0.4, -0.2) is 54.1 Å². The van der Waals surface area contributed by atoms with Gasteiger partial charge in [-0.25, -0.2) is 0 Å². The predicted octanol–water partition coefficient (Wildman–Crippen LogP) is 0.404. The second kappa shape index (κ2) is 5.47. The van der Waals surface area contributed by atoms with E-state index in [4.69, 9.17) is 0 Å². The Hall–Kier alpha value is -1.13. The molecule has 0 spiro atoms. The Kier molecular flexibility index (Phi) is 3.97. The summed E-state index contributed by atoms with van der Waals surface area (Å²) in [5.41, 5.74) is 0.965. The van der Waals surface area contributed by atoms with Gasteiger partial charge in [0.2, 0.25) is 0 Å². The fourth-order valence-corrected chi connectivity index (χ4v) is 2.15. The summed E-state index contributed by atoms with van der Waals surface area (Å²) in [4.78, 5) is 16.6. The molecule has 1 saturated heterocycles. The third kappa shape index (κ3) is 3.17. The summed E-state index contributed by atoms with van der Waals surface area (Å²) < 4.78 is 1.81. The molecule has 17 heavy (non-hydrogen) atoms. The largest absolute Gasteiger partial charge is 0.314 e. The van der Waals surface area contributed by atoms with Crippen LogP contribution >= 0.6 is 0 Å². The van der Waals surface area contributed by atoms with Gasteiger partial charge in [0.05, 0.1) is 0 Å². The third-order valence-electron chi connectivity index (χ3n) is 3.46. The number of aryl methyl sites for hydroxylation is 1. The molecule has 94 valence electrons. The topological polar surface area (TPSA) is 28.5 Å². The highest BCUT2D eigenvalue weighted by Gasteiger charge is 2.13. The molecule has 2 rings (SSSR count). The minimum absolute atomic E-state index is 0.140. The molecule has 1 aliphatic rings. The second-order valence-corrected chi connectivity index (χ2v) is 4.83. The molecule has 1 fully saturated rings. The van der Waals surface area contributed by atoms with Crippen molar-refractivity contribution in [1.82, 2.24) is 14.4 Å². The lowest BCUT2D eigenvalue weighted by Gasteiger charge is -2.32. The van der Waals surface area contributed by atoms with Crippen molar-refractivity contribution in [3.63, 3.8) is 0 Å². The molecular weight excluding hydrogens is 214 g/mol. The Morgan fingerprint density at radius 2 is 1.88 bits per heavy atom. The number of rotatable bonds is 3. The zero-order chi connectivity index (χ0) is 12.3. The van der Waals surface area contributed by atoms with Crippen molar-refractivity contribution in [1.29, 1.82) is 0 Å². The SMILES string of the molecule is Cc1cccn(CCN2CCN(C)CC2)c1=O. The van der Waals surface area contributed by atoms with Crippen molar-refractivity contribution in [2.75, 3.05) is 39.8 Å². The summed E-state index contributed by atoms with van der Waals surface area (Å²) in [5, 5.41) is 0. The van der Waals surface area contributed by atoms with Gasteiger partial charge >= 0.3 is 0 Å². The van der Waals surface area contributed by atoms with Crippen LogP contribution in [0.5, 0.6) is 0 Å². The summed E-state index contributed by atoms with van der Waals surface area (Å²) in [6, 6.07) is 3.81. The number of pyridine rings is 1. The van der Waals surface area contributed by atoms with Crippen LogP contribution in [0.1, 0.15) is 5.56 Å². The number of nitrogens with zero attached hydrogens (tertiary/aromatic N) is 3. The van der Waals surface area contributed by atoms with Crippen molar-refractivity contribution < 1.29 is 0 Å². The summed E-state index contributed by atoms with van der Waals surface area (Å²) in [7, 11) is 2.16. The highest BCUT2D eigenvalue weighted by atomic mass is 16.1. The Balaban J connectivity index is 1.90. The third-order valence-corrected chi connectivity index (χ3v) is 3.46. The molecule has 0 unspecified atom stereocenters. The van der Waals surface area contributed by atoms with Crippen LogP contribution in [-0.2, 0) is 6.54 Å².